The van der Waals surface area contributed by atoms with E-state index in [0.29, 0.717) is 45.1 Å². The fraction of sp³-hybridized carbons (Fsp3) is 0.724. The molecule has 0 aromatic heterocycles. The maximum Gasteiger partial charge on any atom is 0.223 e. The lowest BCUT2D eigenvalue weighted by Crippen LogP contribution is -2.63. The van der Waals surface area contributed by atoms with E-state index >= 15 is 0 Å². The topological polar surface area (TPSA) is 97.3 Å². The first-order valence-electron chi connectivity index (χ1n) is 13.9. The molecule has 0 bridgehead atoms. The van der Waals surface area contributed by atoms with Gasteiger partial charge in [-0.3, -0.25) is 9.59 Å². The fourth-order valence-electron chi connectivity index (χ4n) is 7.76. The summed E-state index contributed by atoms with van der Waals surface area (Å²) in [5, 5.41) is 14.1. The molecule has 2 saturated carbocycles. The summed E-state index contributed by atoms with van der Waals surface area (Å²) in [6.45, 7) is 8.19. The number of ether oxygens (including phenoxy) is 3. The normalized spacial score (nSPS) is 39.4. The molecule has 8 unspecified atom stereocenters. The highest BCUT2D eigenvalue weighted by Gasteiger charge is 2.61. The Kier molecular flexibility index (Phi) is 7.53. The number of aliphatic hydroxyl groups excluding tert-OH is 1. The number of hydrogen-bond acceptors (Lipinski definition) is 6. The standard InChI is InChI=1S/C29H42N2O6/c1-19(32)30-20-12-14-31(16-20)26(34)15-22-23(33)9-10-24-28(22,2)13-11-25-29(24,3)18-36-27(37-25)17-35-21-7-5-4-6-8-21/h4-8,20,22-25,27,33H,9-18H2,1-3H3,(H,30,32). The maximum absolute atomic E-state index is 13.3. The molecular weight excluding hydrogens is 472 g/mol. The van der Waals surface area contributed by atoms with Crippen molar-refractivity contribution in [3.05, 3.63) is 30.3 Å². The van der Waals surface area contributed by atoms with Gasteiger partial charge in [-0.05, 0) is 61.5 Å². The van der Waals surface area contributed by atoms with Gasteiger partial charge in [0.2, 0.25) is 11.8 Å². The Morgan fingerprint density at radius 3 is 2.68 bits per heavy atom. The number of para-hydroxylation sites is 1. The molecule has 204 valence electrons. The highest BCUT2D eigenvalue weighted by atomic mass is 16.7. The lowest BCUT2D eigenvalue weighted by Gasteiger charge is -2.63. The van der Waals surface area contributed by atoms with E-state index in [1.165, 1.54) is 6.92 Å². The molecule has 4 aliphatic rings. The van der Waals surface area contributed by atoms with Crippen molar-refractivity contribution in [3.8, 4) is 5.75 Å². The van der Waals surface area contributed by atoms with Gasteiger partial charge in [-0.2, -0.15) is 0 Å². The molecule has 2 heterocycles. The van der Waals surface area contributed by atoms with Crippen LogP contribution in [0.3, 0.4) is 0 Å². The SMILES string of the molecule is CC(=O)NC1CCN(C(=O)CC2C(O)CCC3C4(C)COC(COc5ccccc5)OC4CCC23C)C1. The van der Waals surface area contributed by atoms with Crippen molar-refractivity contribution in [1.82, 2.24) is 10.2 Å². The van der Waals surface area contributed by atoms with Gasteiger partial charge in [-0.15, -0.1) is 0 Å². The average molecular weight is 515 g/mol. The Morgan fingerprint density at radius 1 is 1.14 bits per heavy atom. The van der Waals surface area contributed by atoms with E-state index in [0.717, 1.165) is 31.4 Å². The first-order chi connectivity index (χ1) is 17.7. The van der Waals surface area contributed by atoms with Crippen LogP contribution in [0.1, 0.15) is 59.3 Å². The zero-order valence-electron chi connectivity index (χ0n) is 22.4. The number of amides is 2. The second-order valence-corrected chi connectivity index (χ2v) is 12.1. The van der Waals surface area contributed by atoms with Crippen LogP contribution in [0.4, 0.5) is 0 Å². The Morgan fingerprint density at radius 2 is 1.92 bits per heavy atom. The minimum Gasteiger partial charge on any atom is -0.488 e. The Bertz CT molecular complexity index is 974. The van der Waals surface area contributed by atoms with Crippen LogP contribution in [0.2, 0.25) is 0 Å². The number of rotatable bonds is 6. The van der Waals surface area contributed by atoms with Crippen LogP contribution >= 0.6 is 0 Å². The van der Waals surface area contributed by atoms with Crippen LogP contribution in [0.5, 0.6) is 5.75 Å². The van der Waals surface area contributed by atoms with Crippen LogP contribution in [0.15, 0.2) is 30.3 Å². The van der Waals surface area contributed by atoms with Gasteiger partial charge in [0.1, 0.15) is 12.4 Å². The number of aliphatic hydroxyl groups is 1. The number of carbonyl (C=O) groups is 2. The highest BCUT2D eigenvalue weighted by molar-refractivity contribution is 5.77. The third-order valence-corrected chi connectivity index (χ3v) is 9.70. The van der Waals surface area contributed by atoms with Crippen LogP contribution in [0, 0.1) is 22.7 Å². The van der Waals surface area contributed by atoms with E-state index < -0.39 is 12.4 Å². The molecule has 37 heavy (non-hydrogen) atoms. The first-order valence-corrected chi connectivity index (χ1v) is 13.9. The predicted octanol–water partition coefficient (Wildman–Crippen LogP) is 3.13. The third-order valence-electron chi connectivity index (χ3n) is 9.70. The van der Waals surface area contributed by atoms with Crippen molar-refractivity contribution >= 4 is 11.8 Å². The van der Waals surface area contributed by atoms with Gasteiger partial charge in [0, 0.05) is 37.9 Å². The van der Waals surface area contributed by atoms with Crippen molar-refractivity contribution < 1.29 is 28.9 Å². The molecule has 2 aliphatic carbocycles. The number of nitrogens with one attached hydrogen (secondary N) is 1. The van der Waals surface area contributed by atoms with Gasteiger partial charge in [0.25, 0.3) is 0 Å². The number of nitrogens with zero attached hydrogens (tertiary/aromatic N) is 1. The van der Waals surface area contributed by atoms with Gasteiger partial charge in [0.05, 0.1) is 18.8 Å². The summed E-state index contributed by atoms with van der Waals surface area (Å²) in [6, 6.07) is 9.72. The Labute approximate surface area is 220 Å². The predicted molar refractivity (Wildman–Crippen MR) is 138 cm³/mol. The number of hydrogen-bond donors (Lipinski definition) is 2. The molecule has 2 aliphatic heterocycles. The molecule has 4 fully saturated rings. The molecule has 0 radical (unpaired) electrons. The minimum atomic E-state index is -0.489. The molecule has 1 aromatic carbocycles. The molecule has 0 spiro atoms. The molecule has 5 rings (SSSR count). The van der Waals surface area contributed by atoms with E-state index in [1.54, 1.807) is 0 Å². The van der Waals surface area contributed by atoms with Gasteiger partial charge >= 0.3 is 0 Å². The van der Waals surface area contributed by atoms with E-state index in [9.17, 15) is 14.7 Å². The van der Waals surface area contributed by atoms with Gasteiger partial charge < -0.3 is 29.5 Å². The number of fused-ring (bicyclic) bond motifs is 3. The van der Waals surface area contributed by atoms with Crippen LogP contribution < -0.4 is 10.1 Å². The van der Waals surface area contributed by atoms with Crippen molar-refractivity contribution in [2.24, 2.45) is 22.7 Å². The molecule has 2 saturated heterocycles. The van der Waals surface area contributed by atoms with Crippen molar-refractivity contribution in [3.63, 3.8) is 0 Å². The lowest BCUT2D eigenvalue weighted by atomic mass is 9.46. The molecule has 8 heteroatoms. The summed E-state index contributed by atoms with van der Waals surface area (Å²) in [7, 11) is 0. The number of carbonyl (C=O) groups excluding carboxylic acids is 2. The summed E-state index contributed by atoms with van der Waals surface area (Å²) < 4.78 is 18.6. The Balaban J connectivity index is 1.23. The van der Waals surface area contributed by atoms with Crippen molar-refractivity contribution in [2.75, 3.05) is 26.3 Å². The molecule has 2 N–H and O–H groups in total. The minimum absolute atomic E-state index is 0.0192. The van der Waals surface area contributed by atoms with Crippen LogP contribution in [-0.2, 0) is 19.1 Å². The second kappa shape index (κ2) is 10.5. The highest BCUT2D eigenvalue weighted by Crippen LogP contribution is 2.62. The summed E-state index contributed by atoms with van der Waals surface area (Å²) >= 11 is 0. The summed E-state index contributed by atoms with van der Waals surface area (Å²) in [6.07, 6.45) is 3.68. The average Bonchev–Trinajstić information content (AvgIpc) is 3.33. The van der Waals surface area contributed by atoms with Gasteiger partial charge in [-0.1, -0.05) is 32.0 Å². The quantitative estimate of drug-likeness (QED) is 0.606. The van der Waals surface area contributed by atoms with Crippen molar-refractivity contribution in [1.29, 1.82) is 0 Å². The van der Waals surface area contributed by atoms with Crippen LogP contribution in [-0.4, -0.2) is 72.7 Å². The zero-order valence-corrected chi connectivity index (χ0v) is 22.4. The third kappa shape index (κ3) is 5.25. The van der Waals surface area contributed by atoms with E-state index in [-0.39, 0.29) is 40.7 Å². The molecule has 1 aromatic rings. The number of benzene rings is 1. The second-order valence-electron chi connectivity index (χ2n) is 12.1. The van der Waals surface area contributed by atoms with Gasteiger partial charge in [-0.25, -0.2) is 0 Å². The van der Waals surface area contributed by atoms with Crippen LogP contribution in [0.25, 0.3) is 0 Å². The summed E-state index contributed by atoms with van der Waals surface area (Å²) in [5.74, 6) is 1.01. The molecule has 2 amide bonds. The van der Waals surface area contributed by atoms with E-state index in [2.05, 4.69) is 19.2 Å². The fourth-order valence-corrected chi connectivity index (χ4v) is 7.76. The maximum atomic E-state index is 13.3. The first kappa shape index (κ1) is 26.4. The summed E-state index contributed by atoms with van der Waals surface area (Å²) in [5.41, 5.74) is -0.350. The molecule has 8 atom stereocenters. The smallest absolute Gasteiger partial charge is 0.223 e. The van der Waals surface area contributed by atoms with Gasteiger partial charge in [0.15, 0.2) is 6.29 Å². The lowest BCUT2D eigenvalue weighted by molar-refractivity contribution is -0.313. The van der Waals surface area contributed by atoms with Crippen molar-refractivity contribution in [2.45, 2.75) is 83.8 Å². The summed E-state index contributed by atoms with van der Waals surface area (Å²) in [4.78, 5) is 26.6. The molecule has 8 nitrogen and oxygen atoms in total. The number of likely N-dealkylation sites (tertiary alicyclic amines) is 1. The monoisotopic (exact) mass is 514 g/mol. The largest absolute Gasteiger partial charge is 0.488 e. The van der Waals surface area contributed by atoms with E-state index in [4.69, 9.17) is 14.2 Å². The zero-order chi connectivity index (χ0) is 26.2. The molecular formula is C29H42N2O6. The Hall–Kier alpha value is -2.16. The van der Waals surface area contributed by atoms with E-state index in [1.807, 2.05) is 35.2 Å².